The number of anilines is 1. The second-order valence-electron chi connectivity index (χ2n) is 8.87. The van der Waals surface area contributed by atoms with E-state index in [1.165, 1.54) is 6.42 Å². The number of hydrogen-bond acceptors (Lipinski definition) is 6. The average molecular weight is 450 g/mol. The molecule has 4 aliphatic rings. The zero-order chi connectivity index (χ0) is 22.6. The maximum atomic E-state index is 13.0. The van der Waals surface area contributed by atoms with Crippen molar-refractivity contribution in [3.63, 3.8) is 0 Å². The number of carbonyl (C=O) groups excluding carboxylic acids is 2. The number of fused-ring (bicyclic) bond motifs is 1. The molecule has 33 heavy (non-hydrogen) atoms. The van der Waals surface area contributed by atoms with E-state index in [-0.39, 0.29) is 17.9 Å². The summed E-state index contributed by atoms with van der Waals surface area (Å²) in [6, 6.07) is 1.63. The lowest BCUT2D eigenvalue weighted by molar-refractivity contribution is -0.110. The largest absolute Gasteiger partial charge is 0.488 e. The number of aromatic amines is 1. The van der Waals surface area contributed by atoms with Crippen molar-refractivity contribution in [2.75, 3.05) is 31.1 Å². The molecule has 1 saturated heterocycles. The minimum absolute atomic E-state index is 0.0281. The van der Waals surface area contributed by atoms with Crippen LogP contribution in [0.5, 0.6) is 5.75 Å². The molecule has 2 aliphatic carbocycles. The molecule has 2 atom stereocenters. The molecule has 0 radical (unpaired) electrons. The van der Waals surface area contributed by atoms with Gasteiger partial charge in [-0.15, -0.1) is 0 Å². The van der Waals surface area contributed by atoms with Gasteiger partial charge >= 0.3 is 0 Å². The van der Waals surface area contributed by atoms with Crippen LogP contribution in [0.2, 0.25) is 0 Å². The molecule has 0 spiro atoms. The quantitative estimate of drug-likeness (QED) is 0.457. The van der Waals surface area contributed by atoms with Crippen LogP contribution in [0.25, 0.3) is 0 Å². The Labute approximate surface area is 194 Å². The average Bonchev–Trinajstić information content (AvgIpc) is 3.32. The number of aromatic nitrogens is 1. The zero-order valence-electron chi connectivity index (χ0n) is 18.8. The number of aldehydes is 1. The van der Waals surface area contributed by atoms with E-state index in [1.54, 1.807) is 0 Å². The van der Waals surface area contributed by atoms with Gasteiger partial charge in [-0.1, -0.05) is 18.2 Å². The normalized spacial score (nSPS) is 24.5. The zero-order valence-corrected chi connectivity index (χ0v) is 18.8. The van der Waals surface area contributed by atoms with Crippen LogP contribution >= 0.6 is 0 Å². The number of nitrogens with one attached hydrogen (secondary N) is 3. The number of nitrogens with zero attached hydrogens (tertiary/aromatic N) is 2. The van der Waals surface area contributed by atoms with Crippen molar-refractivity contribution in [3.8, 4) is 5.75 Å². The summed E-state index contributed by atoms with van der Waals surface area (Å²) in [5, 5.41) is 0. The maximum absolute atomic E-state index is 13.0. The first-order chi connectivity index (χ1) is 16.2. The van der Waals surface area contributed by atoms with Gasteiger partial charge in [0.15, 0.2) is 11.6 Å². The summed E-state index contributed by atoms with van der Waals surface area (Å²) in [6.45, 7) is 2.80. The summed E-state index contributed by atoms with van der Waals surface area (Å²) in [6.07, 6.45) is 18.4. The number of rotatable bonds is 6. The van der Waals surface area contributed by atoms with Crippen LogP contribution in [0.15, 0.2) is 53.9 Å². The smallest absolute Gasteiger partial charge is 0.270 e. The molecule has 3 N–H and O–H groups in total. The molecule has 0 bridgehead atoms. The lowest BCUT2D eigenvalue weighted by Crippen LogP contribution is -2.45. The van der Waals surface area contributed by atoms with Gasteiger partial charge in [0, 0.05) is 30.5 Å². The van der Waals surface area contributed by atoms with Crippen LogP contribution in [-0.4, -0.2) is 54.4 Å². The summed E-state index contributed by atoms with van der Waals surface area (Å²) in [4.78, 5) is 32.0. The van der Waals surface area contributed by atoms with Crippen molar-refractivity contribution in [1.29, 1.82) is 0 Å². The van der Waals surface area contributed by atoms with Crippen LogP contribution in [-0.2, 0) is 4.79 Å². The first-order valence-electron chi connectivity index (χ1n) is 11.9. The van der Waals surface area contributed by atoms with Crippen molar-refractivity contribution in [2.24, 2.45) is 5.92 Å². The second-order valence-corrected chi connectivity index (χ2v) is 8.87. The van der Waals surface area contributed by atoms with Gasteiger partial charge in [-0.3, -0.25) is 4.79 Å². The summed E-state index contributed by atoms with van der Waals surface area (Å²) >= 11 is 0. The first-order valence-corrected chi connectivity index (χ1v) is 11.9. The molecule has 0 aromatic carbocycles. The third-order valence-corrected chi connectivity index (χ3v) is 6.61. The van der Waals surface area contributed by atoms with E-state index in [2.05, 4.69) is 32.9 Å². The molecule has 8 nitrogen and oxygen atoms in total. The third kappa shape index (κ3) is 4.61. The number of H-pyrrole nitrogens is 1. The highest BCUT2D eigenvalue weighted by Gasteiger charge is 2.30. The third-order valence-electron chi connectivity index (χ3n) is 6.61. The molecule has 3 heterocycles. The lowest BCUT2D eigenvalue weighted by Gasteiger charge is -2.33. The Morgan fingerprint density at radius 3 is 2.88 bits per heavy atom. The van der Waals surface area contributed by atoms with Crippen LogP contribution in [0.4, 0.5) is 5.82 Å². The number of amides is 1. The van der Waals surface area contributed by atoms with E-state index in [0.717, 1.165) is 62.3 Å². The monoisotopic (exact) mass is 449 g/mol. The van der Waals surface area contributed by atoms with E-state index < -0.39 is 0 Å². The fourth-order valence-electron chi connectivity index (χ4n) is 4.75. The maximum Gasteiger partial charge on any atom is 0.270 e. The first kappa shape index (κ1) is 21.6. The lowest BCUT2D eigenvalue weighted by atomic mass is 9.95. The number of carbonyl (C=O) groups is 2. The van der Waals surface area contributed by atoms with Crippen molar-refractivity contribution in [1.82, 2.24) is 20.7 Å². The minimum Gasteiger partial charge on any atom is -0.488 e. The number of ether oxygens (including phenoxy) is 1. The topological polar surface area (TPSA) is 89.7 Å². The van der Waals surface area contributed by atoms with E-state index in [1.807, 2.05) is 35.3 Å². The SMILES string of the molecule is O=CC1C=CC(N2CCOc3cc(C(=O)N4CCCCC4)[nH]c32)=CC1NNC1=CC=CCC1. The Kier molecular flexibility index (Phi) is 6.35. The van der Waals surface area contributed by atoms with Gasteiger partial charge in [-0.2, -0.15) is 0 Å². The number of likely N-dealkylation sites (tertiary alicyclic amines) is 1. The molecule has 1 aromatic heterocycles. The standard InChI is InChI=1S/C25H31N5O3/c31-17-18-9-10-20(15-21(18)28-27-19-7-3-1-4-8-19)30-13-14-33-23-16-22(26-24(23)30)25(32)29-11-5-2-6-12-29/h1,3,7,9-10,15-18,21,26-28H,2,4-6,8,11-14H2. The summed E-state index contributed by atoms with van der Waals surface area (Å²) in [5.74, 6) is 1.24. The molecule has 8 heteroatoms. The molecule has 1 fully saturated rings. The van der Waals surface area contributed by atoms with Gasteiger partial charge in [-0.05, 0) is 50.3 Å². The van der Waals surface area contributed by atoms with Crippen LogP contribution in [0.3, 0.4) is 0 Å². The van der Waals surface area contributed by atoms with Gasteiger partial charge in [-0.25, -0.2) is 5.43 Å². The fraction of sp³-hybridized carbons (Fsp3) is 0.440. The number of hydrogen-bond donors (Lipinski definition) is 3. The molecule has 0 saturated carbocycles. The van der Waals surface area contributed by atoms with E-state index in [0.29, 0.717) is 24.6 Å². The van der Waals surface area contributed by atoms with Gasteiger partial charge in [0.05, 0.1) is 18.5 Å². The molecule has 2 unspecified atom stereocenters. The predicted molar refractivity (Wildman–Crippen MR) is 127 cm³/mol. The van der Waals surface area contributed by atoms with Crippen molar-refractivity contribution in [2.45, 2.75) is 38.1 Å². The van der Waals surface area contributed by atoms with Crippen LogP contribution in [0, 0.1) is 5.92 Å². The van der Waals surface area contributed by atoms with Gasteiger partial charge in [0.2, 0.25) is 0 Å². The molecule has 174 valence electrons. The predicted octanol–water partition coefficient (Wildman–Crippen LogP) is 2.81. The molecule has 5 rings (SSSR count). The van der Waals surface area contributed by atoms with Crippen molar-refractivity contribution >= 4 is 18.0 Å². The number of allylic oxidation sites excluding steroid dienone is 5. The highest BCUT2D eigenvalue weighted by atomic mass is 16.5. The van der Waals surface area contributed by atoms with Crippen LogP contribution < -0.4 is 20.5 Å². The minimum atomic E-state index is -0.263. The summed E-state index contributed by atoms with van der Waals surface area (Å²) in [7, 11) is 0. The van der Waals surface area contributed by atoms with E-state index >= 15 is 0 Å². The molecular weight excluding hydrogens is 418 g/mol. The molecular formula is C25H31N5O3. The fourth-order valence-corrected chi connectivity index (χ4v) is 4.75. The Morgan fingerprint density at radius 1 is 1.21 bits per heavy atom. The molecule has 1 amide bonds. The summed E-state index contributed by atoms with van der Waals surface area (Å²) < 4.78 is 5.87. The van der Waals surface area contributed by atoms with E-state index in [9.17, 15) is 9.59 Å². The van der Waals surface area contributed by atoms with Gasteiger partial charge in [0.25, 0.3) is 5.91 Å². The van der Waals surface area contributed by atoms with E-state index in [4.69, 9.17) is 4.74 Å². The Balaban J connectivity index is 1.35. The summed E-state index contributed by atoms with van der Waals surface area (Å²) in [5.41, 5.74) is 9.22. The van der Waals surface area contributed by atoms with Crippen LogP contribution in [0.1, 0.15) is 42.6 Å². The highest BCUT2D eigenvalue weighted by Crippen LogP contribution is 2.36. The number of piperidine rings is 1. The Morgan fingerprint density at radius 2 is 2.09 bits per heavy atom. The van der Waals surface area contributed by atoms with Gasteiger partial charge in [0.1, 0.15) is 18.6 Å². The van der Waals surface area contributed by atoms with Crippen molar-refractivity contribution < 1.29 is 14.3 Å². The second kappa shape index (κ2) is 9.70. The molecule has 2 aliphatic heterocycles. The van der Waals surface area contributed by atoms with Gasteiger partial charge < -0.3 is 29.7 Å². The number of hydrazine groups is 1. The molecule has 1 aromatic rings. The van der Waals surface area contributed by atoms with Crippen molar-refractivity contribution in [3.05, 3.63) is 59.6 Å². The Hall–Kier alpha value is -3.26. The highest BCUT2D eigenvalue weighted by molar-refractivity contribution is 5.94. The Bertz CT molecular complexity index is 1020.